The molecule has 2 aliphatic heterocycles. The number of benzene rings is 1. The summed E-state index contributed by atoms with van der Waals surface area (Å²) in [4.78, 5) is 47.6. The number of para-hydroxylation sites is 1. The van der Waals surface area contributed by atoms with Gasteiger partial charge in [0.05, 0.1) is 11.5 Å². The number of nitrogens with one attached hydrogen (secondary N) is 3. The third kappa shape index (κ3) is 3.74. The first-order chi connectivity index (χ1) is 13.9. The highest BCUT2D eigenvalue weighted by atomic mass is 16.2. The normalized spacial score (nSPS) is 23.9. The first-order valence-corrected chi connectivity index (χ1v) is 10.0. The summed E-state index contributed by atoms with van der Waals surface area (Å²) in [6.45, 7) is 4.20. The van der Waals surface area contributed by atoms with E-state index in [0.29, 0.717) is 11.6 Å². The predicted octanol–water partition coefficient (Wildman–Crippen LogP) is 2.60. The number of rotatable bonds is 3. The number of hydrogen-bond donors (Lipinski definition) is 3. The Morgan fingerprint density at radius 2 is 1.83 bits per heavy atom. The molecule has 1 fully saturated rings. The van der Waals surface area contributed by atoms with E-state index in [1.165, 1.54) is 0 Å². The van der Waals surface area contributed by atoms with Crippen molar-refractivity contribution in [2.45, 2.75) is 57.5 Å². The van der Waals surface area contributed by atoms with E-state index in [2.05, 4.69) is 39.3 Å². The minimum Gasteiger partial charge on any atom is -0.337 e. The molecule has 8 heteroatoms. The molecule has 2 amide bonds. The lowest BCUT2D eigenvalue weighted by molar-refractivity contribution is -0.123. The number of piperidine rings is 1. The topological polar surface area (TPSA) is 107 Å². The minimum absolute atomic E-state index is 0.0910. The van der Waals surface area contributed by atoms with Crippen LogP contribution >= 0.6 is 0 Å². The van der Waals surface area contributed by atoms with E-state index in [0.717, 1.165) is 19.3 Å². The first-order valence-electron chi connectivity index (χ1n) is 10.0. The summed E-state index contributed by atoms with van der Waals surface area (Å²) in [5.41, 5.74) is 0.435. The zero-order chi connectivity index (χ0) is 20.5. The molecule has 0 radical (unpaired) electrons. The van der Waals surface area contributed by atoms with E-state index < -0.39 is 11.8 Å². The van der Waals surface area contributed by atoms with Gasteiger partial charge in [-0.05, 0) is 45.2 Å². The highest BCUT2D eigenvalue weighted by molar-refractivity contribution is 6.04. The Bertz CT molecular complexity index is 978. The number of fused-ring (bicyclic) bond motifs is 1. The zero-order valence-electron chi connectivity index (χ0n) is 16.6. The monoisotopic (exact) mass is 395 g/mol. The number of carbonyl (C=O) groups excluding carboxylic acids is 2. The highest BCUT2D eigenvalue weighted by Crippen LogP contribution is 2.32. The van der Waals surface area contributed by atoms with Crippen molar-refractivity contribution in [1.82, 2.24) is 9.97 Å². The van der Waals surface area contributed by atoms with Gasteiger partial charge in [0.1, 0.15) is 5.82 Å². The lowest BCUT2D eigenvalue weighted by atomic mass is 9.92. The molecule has 29 heavy (non-hydrogen) atoms. The van der Waals surface area contributed by atoms with Crippen molar-refractivity contribution < 1.29 is 9.59 Å². The molecule has 0 saturated carbocycles. The number of aromatic nitrogens is 2. The molecular formula is C21H25N5O3. The highest BCUT2D eigenvalue weighted by Gasteiger charge is 2.36. The Hall–Kier alpha value is -3.16. The molecule has 152 valence electrons. The van der Waals surface area contributed by atoms with E-state index in [1.54, 1.807) is 24.3 Å². The van der Waals surface area contributed by atoms with Crippen LogP contribution < -0.4 is 21.1 Å². The van der Waals surface area contributed by atoms with Crippen molar-refractivity contribution >= 4 is 29.3 Å². The fourth-order valence-corrected chi connectivity index (χ4v) is 4.30. The molecule has 0 bridgehead atoms. The third-order valence-corrected chi connectivity index (χ3v) is 5.73. The number of aromatic amines is 1. The molecule has 1 saturated heterocycles. The van der Waals surface area contributed by atoms with Crippen molar-refractivity contribution in [3.8, 4) is 0 Å². The van der Waals surface area contributed by atoms with E-state index in [1.807, 2.05) is 6.07 Å². The molecule has 0 unspecified atom stereocenters. The predicted molar refractivity (Wildman–Crippen MR) is 111 cm³/mol. The number of amides is 2. The van der Waals surface area contributed by atoms with Gasteiger partial charge in [-0.2, -0.15) is 4.98 Å². The van der Waals surface area contributed by atoms with Gasteiger partial charge in [-0.15, -0.1) is 0 Å². The largest absolute Gasteiger partial charge is 0.337 e. The SMILES string of the molecule is C[C@@H]1CCC[C@H](C)N1c1nc2c(c(=O)[nH]1)[C@H](C(=O)Nc1ccccc1)CC(=O)N2. The Morgan fingerprint density at radius 1 is 1.14 bits per heavy atom. The second-order valence-corrected chi connectivity index (χ2v) is 7.85. The van der Waals surface area contributed by atoms with E-state index in [9.17, 15) is 14.4 Å². The molecule has 3 N–H and O–H groups in total. The molecule has 3 heterocycles. The van der Waals surface area contributed by atoms with Crippen LogP contribution in [-0.2, 0) is 9.59 Å². The quantitative estimate of drug-likeness (QED) is 0.741. The molecule has 0 spiro atoms. The maximum Gasteiger partial charge on any atom is 0.258 e. The van der Waals surface area contributed by atoms with Crippen LogP contribution in [-0.4, -0.2) is 33.9 Å². The Labute approximate surface area is 168 Å². The van der Waals surface area contributed by atoms with Gasteiger partial charge < -0.3 is 15.5 Å². The fourth-order valence-electron chi connectivity index (χ4n) is 4.30. The Kier molecular flexibility index (Phi) is 5.08. The van der Waals surface area contributed by atoms with Gasteiger partial charge in [-0.25, -0.2) is 0 Å². The van der Waals surface area contributed by atoms with Gasteiger partial charge in [-0.3, -0.25) is 19.4 Å². The molecule has 0 aliphatic carbocycles. The third-order valence-electron chi connectivity index (χ3n) is 5.73. The van der Waals surface area contributed by atoms with Crippen LogP contribution in [0.25, 0.3) is 0 Å². The maximum absolute atomic E-state index is 13.0. The van der Waals surface area contributed by atoms with Gasteiger partial charge in [0, 0.05) is 24.2 Å². The first kappa shape index (κ1) is 19.2. The lowest BCUT2D eigenvalue weighted by Crippen LogP contribution is -2.46. The number of hydrogen-bond acceptors (Lipinski definition) is 5. The van der Waals surface area contributed by atoms with Crippen LogP contribution in [0.3, 0.4) is 0 Å². The second kappa shape index (κ2) is 7.69. The van der Waals surface area contributed by atoms with Gasteiger partial charge in [0.25, 0.3) is 5.56 Å². The molecule has 8 nitrogen and oxygen atoms in total. The summed E-state index contributed by atoms with van der Waals surface area (Å²) in [5, 5.41) is 5.46. The van der Waals surface area contributed by atoms with E-state index >= 15 is 0 Å². The summed E-state index contributed by atoms with van der Waals surface area (Å²) in [7, 11) is 0. The van der Waals surface area contributed by atoms with Crippen molar-refractivity contribution in [3.05, 3.63) is 46.2 Å². The number of anilines is 3. The van der Waals surface area contributed by atoms with Gasteiger partial charge in [0.15, 0.2) is 0 Å². The smallest absolute Gasteiger partial charge is 0.258 e. The maximum atomic E-state index is 13.0. The van der Waals surface area contributed by atoms with Crippen molar-refractivity contribution in [2.75, 3.05) is 15.5 Å². The number of carbonyl (C=O) groups is 2. The summed E-state index contributed by atoms with van der Waals surface area (Å²) in [5.74, 6) is -0.988. The number of H-pyrrole nitrogens is 1. The molecular weight excluding hydrogens is 370 g/mol. The van der Waals surface area contributed by atoms with Gasteiger partial charge >= 0.3 is 0 Å². The van der Waals surface area contributed by atoms with Crippen LogP contribution in [0.15, 0.2) is 35.1 Å². The standard InChI is InChI=1S/C21H25N5O3/c1-12-7-6-8-13(2)26(12)21-24-18-17(20(29)25-21)15(11-16(27)23-18)19(28)22-14-9-4-3-5-10-14/h3-5,9-10,12-13,15H,6-8,11H2,1-2H3,(H,22,28)(H2,23,24,25,27,29)/t12-,13+,15-/m1/s1. The van der Waals surface area contributed by atoms with Crippen LogP contribution in [0.2, 0.25) is 0 Å². The molecule has 4 rings (SSSR count). The molecule has 2 aromatic rings. The Morgan fingerprint density at radius 3 is 2.52 bits per heavy atom. The van der Waals surface area contributed by atoms with Gasteiger partial charge in [0.2, 0.25) is 17.8 Å². The van der Waals surface area contributed by atoms with Crippen LogP contribution in [0, 0.1) is 0 Å². The molecule has 2 aliphatic rings. The summed E-state index contributed by atoms with van der Waals surface area (Å²) in [6, 6.07) is 9.43. The summed E-state index contributed by atoms with van der Waals surface area (Å²) < 4.78 is 0. The number of nitrogens with zero attached hydrogens (tertiary/aromatic N) is 2. The lowest BCUT2D eigenvalue weighted by Gasteiger charge is -2.39. The average molecular weight is 395 g/mol. The van der Waals surface area contributed by atoms with Crippen LogP contribution in [0.4, 0.5) is 17.5 Å². The van der Waals surface area contributed by atoms with Crippen molar-refractivity contribution in [3.63, 3.8) is 0 Å². The zero-order valence-corrected chi connectivity index (χ0v) is 16.6. The van der Waals surface area contributed by atoms with Gasteiger partial charge in [-0.1, -0.05) is 18.2 Å². The second-order valence-electron chi connectivity index (χ2n) is 7.85. The van der Waals surface area contributed by atoms with Crippen LogP contribution in [0.1, 0.15) is 51.0 Å². The fraction of sp³-hybridized carbons (Fsp3) is 0.429. The Balaban J connectivity index is 1.69. The van der Waals surface area contributed by atoms with E-state index in [4.69, 9.17) is 0 Å². The molecule has 1 aromatic heterocycles. The van der Waals surface area contributed by atoms with E-state index in [-0.39, 0.29) is 41.4 Å². The molecule has 3 atom stereocenters. The minimum atomic E-state index is -0.888. The average Bonchev–Trinajstić information content (AvgIpc) is 2.67. The molecule has 1 aromatic carbocycles. The summed E-state index contributed by atoms with van der Waals surface area (Å²) in [6.07, 6.45) is 3.07. The van der Waals surface area contributed by atoms with Crippen LogP contribution in [0.5, 0.6) is 0 Å². The van der Waals surface area contributed by atoms with Crippen molar-refractivity contribution in [2.24, 2.45) is 0 Å². The van der Waals surface area contributed by atoms with Crippen molar-refractivity contribution in [1.29, 1.82) is 0 Å². The summed E-state index contributed by atoms with van der Waals surface area (Å²) >= 11 is 0.